The van der Waals surface area contributed by atoms with Crippen molar-refractivity contribution in [2.24, 2.45) is 5.41 Å². The van der Waals surface area contributed by atoms with Gasteiger partial charge in [0.2, 0.25) is 0 Å². The van der Waals surface area contributed by atoms with Crippen molar-refractivity contribution in [3.63, 3.8) is 0 Å². The smallest absolute Gasteiger partial charge is 0.314 e. The summed E-state index contributed by atoms with van der Waals surface area (Å²) in [6.45, 7) is 2.91. The molecule has 1 aromatic carbocycles. The fourth-order valence-electron chi connectivity index (χ4n) is 2.24. The lowest BCUT2D eigenvalue weighted by atomic mass is 9.82. The molecular weight excluding hydrogens is 232 g/mol. The van der Waals surface area contributed by atoms with E-state index in [0.717, 1.165) is 5.56 Å². The van der Waals surface area contributed by atoms with Gasteiger partial charge in [0.05, 0.1) is 19.3 Å². The van der Waals surface area contributed by atoms with Crippen molar-refractivity contribution < 1.29 is 19.4 Å². The zero-order valence-electron chi connectivity index (χ0n) is 10.5. The average molecular weight is 250 g/mol. The van der Waals surface area contributed by atoms with Crippen molar-refractivity contribution in [1.29, 1.82) is 0 Å². The quantitative estimate of drug-likeness (QED) is 0.869. The molecule has 2 atom stereocenters. The molecule has 2 rings (SSSR count). The Bertz CT molecular complexity index is 404. The summed E-state index contributed by atoms with van der Waals surface area (Å²) in [5, 5.41) is 9.37. The van der Waals surface area contributed by atoms with E-state index in [9.17, 15) is 9.90 Å². The van der Waals surface area contributed by atoms with Crippen LogP contribution >= 0.6 is 0 Å². The van der Waals surface area contributed by atoms with Gasteiger partial charge >= 0.3 is 5.97 Å². The van der Waals surface area contributed by atoms with Crippen molar-refractivity contribution >= 4 is 5.97 Å². The molecule has 0 spiro atoms. The number of hydrogen-bond acceptors (Lipinski definition) is 3. The molecule has 0 amide bonds. The predicted octanol–water partition coefficient (Wildman–Crippen LogP) is 2.08. The lowest BCUT2D eigenvalue weighted by Crippen LogP contribution is -2.41. The summed E-state index contributed by atoms with van der Waals surface area (Å²) in [5.74, 6) is -0.833. The van der Waals surface area contributed by atoms with Gasteiger partial charge in [0.25, 0.3) is 0 Å². The molecule has 1 heterocycles. The first-order valence-electron chi connectivity index (χ1n) is 6.12. The van der Waals surface area contributed by atoms with Crippen molar-refractivity contribution in [2.45, 2.75) is 26.1 Å². The number of carboxylic acids is 1. The van der Waals surface area contributed by atoms with Gasteiger partial charge < -0.3 is 14.6 Å². The van der Waals surface area contributed by atoms with Crippen LogP contribution in [0.3, 0.4) is 0 Å². The van der Waals surface area contributed by atoms with E-state index in [0.29, 0.717) is 19.6 Å². The zero-order valence-corrected chi connectivity index (χ0v) is 10.5. The first-order valence-corrected chi connectivity index (χ1v) is 6.12. The van der Waals surface area contributed by atoms with Gasteiger partial charge in [0, 0.05) is 6.61 Å². The minimum absolute atomic E-state index is 0.193. The Morgan fingerprint density at radius 2 is 2.22 bits per heavy atom. The Kier molecular flexibility index (Phi) is 3.99. The van der Waals surface area contributed by atoms with Crippen molar-refractivity contribution in [1.82, 2.24) is 0 Å². The van der Waals surface area contributed by atoms with Crippen molar-refractivity contribution in [3.05, 3.63) is 35.9 Å². The minimum atomic E-state index is -0.894. The molecule has 1 aliphatic rings. The van der Waals surface area contributed by atoms with E-state index < -0.39 is 11.4 Å². The lowest BCUT2D eigenvalue weighted by molar-refractivity contribution is -0.157. The van der Waals surface area contributed by atoms with Gasteiger partial charge in [-0.1, -0.05) is 30.3 Å². The number of carbonyl (C=O) groups is 1. The van der Waals surface area contributed by atoms with Crippen LogP contribution in [-0.4, -0.2) is 30.4 Å². The molecule has 18 heavy (non-hydrogen) atoms. The molecule has 1 aliphatic heterocycles. The Balaban J connectivity index is 1.93. The number of hydrogen-bond donors (Lipinski definition) is 1. The molecule has 0 radical (unpaired) electrons. The summed E-state index contributed by atoms with van der Waals surface area (Å²) in [4.78, 5) is 11.4. The van der Waals surface area contributed by atoms with Crippen LogP contribution in [0.25, 0.3) is 0 Å². The monoisotopic (exact) mass is 250 g/mol. The van der Waals surface area contributed by atoms with Gasteiger partial charge in [0.15, 0.2) is 0 Å². The van der Waals surface area contributed by atoms with Crippen LogP contribution in [-0.2, 0) is 20.9 Å². The van der Waals surface area contributed by atoms with Gasteiger partial charge in [-0.15, -0.1) is 0 Å². The molecular formula is C14H18O4. The van der Waals surface area contributed by atoms with E-state index in [1.165, 1.54) is 0 Å². The summed E-state index contributed by atoms with van der Waals surface area (Å²) in [5.41, 5.74) is 0.152. The second-order valence-corrected chi connectivity index (χ2v) is 4.70. The third-order valence-corrected chi connectivity index (χ3v) is 3.59. The molecule has 1 saturated heterocycles. The minimum Gasteiger partial charge on any atom is -0.481 e. The number of rotatable bonds is 5. The standard InChI is InChI=1S/C14H18O4/c1-11-14(13(15)16,7-8-18-11)10-17-9-12-5-3-2-4-6-12/h2-6,11H,7-10H2,1H3,(H,15,16). The summed E-state index contributed by atoms with van der Waals surface area (Å²) in [6, 6.07) is 9.74. The van der Waals surface area contributed by atoms with Gasteiger partial charge in [-0.25, -0.2) is 0 Å². The van der Waals surface area contributed by atoms with Crippen LogP contribution in [0, 0.1) is 5.41 Å². The van der Waals surface area contributed by atoms with Crippen molar-refractivity contribution in [2.75, 3.05) is 13.2 Å². The molecule has 1 aromatic rings. The van der Waals surface area contributed by atoms with E-state index in [-0.39, 0.29) is 12.7 Å². The molecule has 4 nitrogen and oxygen atoms in total. The summed E-state index contributed by atoms with van der Waals surface area (Å²) in [7, 11) is 0. The first-order chi connectivity index (χ1) is 8.65. The second-order valence-electron chi connectivity index (χ2n) is 4.70. The van der Waals surface area contributed by atoms with Crippen LogP contribution in [0.15, 0.2) is 30.3 Å². The second kappa shape index (κ2) is 5.50. The zero-order chi connectivity index (χ0) is 13.0. The molecule has 0 aliphatic carbocycles. The number of carboxylic acid groups (broad SMARTS) is 1. The number of benzene rings is 1. The molecule has 0 aromatic heterocycles. The highest BCUT2D eigenvalue weighted by Gasteiger charge is 2.48. The Hall–Kier alpha value is -1.39. The molecule has 98 valence electrons. The fourth-order valence-corrected chi connectivity index (χ4v) is 2.24. The average Bonchev–Trinajstić information content (AvgIpc) is 2.73. The predicted molar refractivity (Wildman–Crippen MR) is 66.2 cm³/mol. The van der Waals surface area contributed by atoms with E-state index in [1.807, 2.05) is 30.3 Å². The van der Waals surface area contributed by atoms with E-state index in [1.54, 1.807) is 6.92 Å². The van der Waals surface area contributed by atoms with E-state index in [2.05, 4.69) is 0 Å². The normalized spacial score (nSPS) is 27.3. The van der Waals surface area contributed by atoms with E-state index >= 15 is 0 Å². The number of aliphatic carboxylic acids is 1. The highest BCUT2D eigenvalue weighted by molar-refractivity contribution is 5.76. The van der Waals surface area contributed by atoms with Gasteiger partial charge in [-0.2, -0.15) is 0 Å². The Labute approximate surface area is 107 Å². The summed E-state index contributed by atoms with van der Waals surface area (Å²) >= 11 is 0. The summed E-state index contributed by atoms with van der Waals surface area (Å²) < 4.78 is 10.9. The third kappa shape index (κ3) is 2.54. The van der Waals surface area contributed by atoms with Gasteiger partial charge in [-0.3, -0.25) is 4.79 Å². The van der Waals surface area contributed by atoms with Crippen LogP contribution < -0.4 is 0 Å². The molecule has 4 heteroatoms. The molecule has 0 bridgehead atoms. The largest absolute Gasteiger partial charge is 0.481 e. The SMILES string of the molecule is CC1OCCC1(COCc1ccccc1)C(=O)O. The number of ether oxygens (including phenoxy) is 2. The van der Waals surface area contributed by atoms with Gasteiger partial charge in [-0.05, 0) is 18.9 Å². The Morgan fingerprint density at radius 3 is 2.78 bits per heavy atom. The van der Waals surface area contributed by atoms with Crippen LogP contribution in [0.5, 0.6) is 0 Å². The molecule has 1 N–H and O–H groups in total. The molecule has 0 saturated carbocycles. The molecule has 2 unspecified atom stereocenters. The first kappa shape index (κ1) is 13.1. The van der Waals surface area contributed by atoms with Gasteiger partial charge in [0.1, 0.15) is 5.41 Å². The van der Waals surface area contributed by atoms with Crippen LogP contribution in [0.2, 0.25) is 0 Å². The van der Waals surface area contributed by atoms with Crippen molar-refractivity contribution in [3.8, 4) is 0 Å². The highest BCUT2D eigenvalue weighted by Crippen LogP contribution is 2.35. The Morgan fingerprint density at radius 1 is 1.50 bits per heavy atom. The highest BCUT2D eigenvalue weighted by atomic mass is 16.5. The summed E-state index contributed by atoms with van der Waals surface area (Å²) in [6.07, 6.45) is 0.212. The van der Waals surface area contributed by atoms with Crippen LogP contribution in [0.4, 0.5) is 0 Å². The maximum Gasteiger partial charge on any atom is 0.314 e. The third-order valence-electron chi connectivity index (χ3n) is 3.59. The maximum atomic E-state index is 11.4. The topological polar surface area (TPSA) is 55.8 Å². The van der Waals surface area contributed by atoms with Crippen LogP contribution in [0.1, 0.15) is 18.9 Å². The lowest BCUT2D eigenvalue weighted by Gasteiger charge is -2.27. The fraction of sp³-hybridized carbons (Fsp3) is 0.500. The molecule has 1 fully saturated rings. The maximum absolute atomic E-state index is 11.4. The van der Waals surface area contributed by atoms with E-state index in [4.69, 9.17) is 9.47 Å².